The number of hydrogen-bond donors (Lipinski definition) is 0. The molecule has 0 aliphatic carbocycles. The minimum absolute atomic E-state index is 0.211. The van der Waals surface area contributed by atoms with Crippen molar-refractivity contribution in [2.24, 2.45) is 0 Å². The fraction of sp³-hybridized carbons (Fsp3) is 0.400. The normalized spacial score (nSPS) is 16.7. The molecule has 1 atom stereocenters. The predicted octanol–water partition coefficient (Wildman–Crippen LogP) is 4.38. The first-order chi connectivity index (χ1) is 13.3. The van der Waals surface area contributed by atoms with E-state index < -0.39 is 5.60 Å². The number of carbonyl (C=O) groups is 1. The van der Waals surface area contributed by atoms with Crippen LogP contribution in [0.15, 0.2) is 35.7 Å². The maximum Gasteiger partial charge on any atom is 0.410 e. The summed E-state index contributed by atoms with van der Waals surface area (Å²) in [5.41, 5.74) is 1.36. The Labute approximate surface area is 168 Å². The summed E-state index contributed by atoms with van der Waals surface area (Å²) in [6.45, 7) is 8.71. The molecule has 0 bridgehead atoms. The van der Waals surface area contributed by atoms with Crippen LogP contribution in [0.4, 0.5) is 4.79 Å². The molecule has 0 fully saturated rings. The standard InChI is InChI=1S/C20H23N5O2S/c1-13-16-22-23-17(15-12-28-18(21-15)14-8-6-5-7-9-14)25(16)11-10-24(13)19(26)27-20(2,3)4/h5-9,12-13H,10-11H2,1-4H3/t13-/m1/s1. The summed E-state index contributed by atoms with van der Waals surface area (Å²) in [5, 5.41) is 11.7. The molecular formula is C20H23N5O2S. The van der Waals surface area contributed by atoms with E-state index in [-0.39, 0.29) is 12.1 Å². The van der Waals surface area contributed by atoms with Crippen molar-refractivity contribution in [1.82, 2.24) is 24.6 Å². The lowest BCUT2D eigenvalue weighted by Crippen LogP contribution is -2.43. The van der Waals surface area contributed by atoms with Gasteiger partial charge in [-0.15, -0.1) is 21.5 Å². The van der Waals surface area contributed by atoms with Crippen molar-refractivity contribution in [3.8, 4) is 22.1 Å². The van der Waals surface area contributed by atoms with Crippen molar-refractivity contribution in [2.75, 3.05) is 6.54 Å². The van der Waals surface area contributed by atoms with Crippen LogP contribution in [0.5, 0.6) is 0 Å². The zero-order valence-corrected chi connectivity index (χ0v) is 17.2. The Bertz CT molecular complexity index is 990. The van der Waals surface area contributed by atoms with Gasteiger partial charge >= 0.3 is 6.09 Å². The van der Waals surface area contributed by atoms with E-state index in [0.29, 0.717) is 13.1 Å². The van der Waals surface area contributed by atoms with E-state index in [1.165, 1.54) is 0 Å². The zero-order valence-electron chi connectivity index (χ0n) is 16.4. The third-order valence-electron chi connectivity index (χ3n) is 4.57. The van der Waals surface area contributed by atoms with E-state index in [4.69, 9.17) is 9.72 Å². The third-order valence-corrected chi connectivity index (χ3v) is 5.46. The number of carbonyl (C=O) groups excluding carboxylic acids is 1. The summed E-state index contributed by atoms with van der Waals surface area (Å²) >= 11 is 1.59. The molecule has 1 aromatic carbocycles. The van der Waals surface area contributed by atoms with Gasteiger partial charge in [0.15, 0.2) is 11.6 Å². The van der Waals surface area contributed by atoms with Crippen LogP contribution in [-0.2, 0) is 11.3 Å². The van der Waals surface area contributed by atoms with Crippen LogP contribution in [0.25, 0.3) is 22.1 Å². The number of hydrogen-bond acceptors (Lipinski definition) is 6. The van der Waals surface area contributed by atoms with Gasteiger partial charge in [-0.3, -0.25) is 4.90 Å². The van der Waals surface area contributed by atoms with E-state index >= 15 is 0 Å². The number of nitrogens with zero attached hydrogens (tertiary/aromatic N) is 5. The van der Waals surface area contributed by atoms with Crippen molar-refractivity contribution in [3.63, 3.8) is 0 Å². The monoisotopic (exact) mass is 397 g/mol. The van der Waals surface area contributed by atoms with Gasteiger partial charge in [0.2, 0.25) is 0 Å². The molecule has 0 saturated carbocycles. The molecule has 0 radical (unpaired) electrons. The Balaban J connectivity index is 1.59. The Morgan fingerprint density at radius 1 is 1.18 bits per heavy atom. The lowest BCUT2D eigenvalue weighted by molar-refractivity contribution is 0.0121. The fourth-order valence-corrected chi connectivity index (χ4v) is 4.04. The van der Waals surface area contributed by atoms with Crippen LogP contribution < -0.4 is 0 Å². The molecule has 0 N–H and O–H groups in total. The Hall–Kier alpha value is -2.74. The molecule has 0 unspecified atom stereocenters. The van der Waals surface area contributed by atoms with Gasteiger partial charge in [0.05, 0.1) is 6.04 Å². The van der Waals surface area contributed by atoms with Gasteiger partial charge in [-0.1, -0.05) is 30.3 Å². The number of fused-ring (bicyclic) bond motifs is 1. The molecule has 3 heterocycles. The first kappa shape index (κ1) is 18.6. The van der Waals surface area contributed by atoms with Gasteiger partial charge in [0.25, 0.3) is 0 Å². The van der Waals surface area contributed by atoms with Crippen LogP contribution in [-0.4, -0.2) is 42.9 Å². The van der Waals surface area contributed by atoms with Gasteiger partial charge in [0.1, 0.15) is 16.3 Å². The van der Waals surface area contributed by atoms with Crippen LogP contribution in [0.2, 0.25) is 0 Å². The second-order valence-corrected chi connectivity index (χ2v) is 8.65. The molecule has 1 aliphatic rings. The van der Waals surface area contributed by atoms with Gasteiger partial charge < -0.3 is 9.30 Å². The molecule has 1 aliphatic heterocycles. The fourth-order valence-electron chi connectivity index (χ4n) is 3.23. The lowest BCUT2D eigenvalue weighted by atomic mass is 10.2. The molecule has 8 heteroatoms. The van der Waals surface area contributed by atoms with Crippen LogP contribution >= 0.6 is 11.3 Å². The molecule has 4 rings (SSSR count). The van der Waals surface area contributed by atoms with Crippen molar-refractivity contribution in [1.29, 1.82) is 0 Å². The summed E-state index contributed by atoms with van der Waals surface area (Å²) in [4.78, 5) is 19.0. The highest BCUT2D eigenvalue weighted by atomic mass is 32.1. The SMILES string of the molecule is C[C@@H]1c2nnc(-c3csc(-c4ccccc4)n3)n2CCN1C(=O)OC(C)(C)C. The minimum Gasteiger partial charge on any atom is -0.444 e. The molecular weight excluding hydrogens is 374 g/mol. The van der Waals surface area contributed by atoms with Crippen molar-refractivity contribution in [3.05, 3.63) is 41.5 Å². The maximum absolute atomic E-state index is 12.5. The van der Waals surface area contributed by atoms with Gasteiger partial charge in [-0.05, 0) is 27.7 Å². The highest BCUT2D eigenvalue weighted by molar-refractivity contribution is 7.13. The van der Waals surface area contributed by atoms with E-state index in [0.717, 1.165) is 27.9 Å². The number of ether oxygens (including phenoxy) is 1. The van der Waals surface area contributed by atoms with Crippen molar-refractivity contribution < 1.29 is 9.53 Å². The zero-order chi connectivity index (χ0) is 19.9. The molecule has 2 aromatic heterocycles. The van der Waals surface area contributed by atoms with Gasteiger partial charge in [-0.2, -0.15) is 0 Å². The van der Waals surface area contributed by atoms with Crippen LogP contribution in [0.3, 0.4) is 0 Å². The van der Waals surface area contributed by atoms with E-state index in [1.807, 2.05) is 63.4 Å². The molecule has 1 amide bonds. The average Bonchev–Trinajstić information content (AvgIpc) is 3.28. The smallest absolute Gasteiger partial charge is 0.410 e. The average molecular weight is 398 g/mol. The molecule has 0 saturated heterocycles. The predicted molar refractivity (Wildman–Crippen MR) is 108 cm³/mol. The summed E-state index contributed by atoms with van der Waals surface area (Å²) < 4.78 is 7.58. The maximum atomic E-state index is 12.5. The number of thiazole rings is 1. The summed E-state index contributed by atoms with van der Waals surface area (Å²) in [6, 6.07) is 9.87. The highest BCUT2D eigenvalue weighted by Gasteiger charge is 2.34. The third kappa shape index (κ3) is 3.52. The minimum atomic E-state index is -0.526. The van der Waals surface area contributed by atoms with Gasteiger partial charge in [-0.25, -0.2) is 9.78 Å². The lowest BCUT2D eigenvalue weighted by Gasteiger charge is -2.34. The van der Waals surface area contributed by atoms with E-state index in [1.54, 1.807) is 16.2 Å². The Morgan fingerprint density at radius 3 is 2.64 bits per heavy atom. The van der Waals surface area contributed by atoms with E-state index in [2.05, 4.69) is 14.8 Å². The first-order valence-electron chi connectivity index (χ1n) is 9.27. The second-order valence-electron chi connectivity index (χ2n) is 7.79. The molecule has 146 valence electrons. The topological polar surface area (TPSA) is 73.1 Å². The summed E-state index contributed by atoms with van der Waals surface area (Å²) in [5.74, 6) is 1.49. The number of benzene rings is 1. The van der Waals surface area contributed by atoms with Crippen molar-refractivity contribution in [2.45, 2.75) is 45.9 Å². The molecule has 7 nitrogen and oxygen atoms in total. The van der Waals surface area contributed by atoms with Crippen LogP contribution in [0.1, 0.15) is 39.6 Å². The number of rotatable bonds is 2. The molecule has 28 heavy (non-hydrogen) atoms. The van der Waals surface area contributed by atoms with Crippen molar-refractivity contribution >= 4 is 17.4 Å². The quantitative estimate of drug-likeness (QED) is 0.642. The Kier molecular flexibility index (Phi) is 4.66. The second kappa shape index (κ2) is 7.01. The summed E-state index contributed by atoms with van der Waals surface area (Å²) in [6.07, 6.45) is -0.323. The highest BCUT2D eigenvalue weighted by Crippen LogP contribution is 2.32. The molecule has 0 spiro atoms. The number of amides is 1. The van der Waals surface area contributed by atoms with E-state index in [9.17, 15) is 4.79 Å². The number of aromatic nitrogens is 4. The largest absolute Gasteiger partial charge is 0.444 e. The molecule has 3 aromatic rings. The summed E-state index contributed by atoms with van der Waals surface area (Å²) in [7, 11) is 0. The van der Waals surface area contributed by atoms with Crippen LogP contribution in [0, 0.1) is 0 Å². The Morgan fingerprint density at radius 2 is 1.93 bits per heavy atom. The first-order valence-corrected chi connectivity index (χ1v) is 10.2. The van der Waals surface area contributed by atoms with Gasteiger partial charge in [0, 0.05) is 24.0 Å².